The molecule has 3 aliphatic rings. The predicted octanol–water partition coefficient (Wildman–Crippen LogP) is 3.88. The van der Waals surface area contributed by atoms with Crippen LogP contribution >= 0.6 is 0 Å². The van der Waals surface area contributed by atoms with Crippen molar-refractivity contribution in [1.82, 2.24) is 4.90 Å². The summed E-state index contributed by atoms with van der Waals surface area (Å²) in [6.07, 6.45) is 2.84. The van der Waals surface area contributed by atoms with Gasteiger partial charge in [-0.05, 0) is 63.8 Å². The summed E-state index contributed by atoms with van der Waals surface area (Å²) in [5.74, 6) is -0.515. The minimum absolute atomic E-state index is 0.0543. The molecule has 1 spiro atoms. The number of carbonyl (C=O) groups is 2. The van der Waals surface area contributed by atoms with Gasteiger partial charge in [0.15, 0.2) is 0 Å². The SMILES string of the molecule is Cc1cc(C)c(NC(=O)[C@H]2C[C@H]3CCCN3[C@@]23C(=O)Nc2ccccc23)c(C)c1. The molecule has 2 aromatic rings. The molecule has 2 saturated heterocycles. The number of anilines is 2. The van der Waals surface area contributed by atoms with Gasteiger partial charge in [-0.3, -0.25) is 14.5 Å². The number of benzene rings is 2. The van der Waals surface area contributed by atoms with E-state index < -0.39 is 11.5 Å². The lowest BCUT2D eigenvalue weighted by Gasteiger charge is -2.36. The normalized spacial score (nSPS) is 27.8. The molecule has 5 heteroatoms. The Morgan fingerprint density at radius 3 is 2.66 bits per heavy atom. The van der Waals surface area contributed by atoms with Crippen molar-refractivity contribution < 1.29 is 9.59 Å². The van der Waals surface area contributed by atoms with Crippen LogP contribution in [0.2, 0.25) is 0 Å². The van der Waals surface area contributed by atoms with Crippen LogP contribution in [-0.2, 0) is 15.1 Å². The van der Waals surface area contributed by atoms with Crippen molar-refractivity contribution in [2.45, 2.75) is 51.6 Å². The minimum Gasteiger partial charge on any atom is -0.325 e. The highest BCUT2D eigenvalue weighted by molar-refractivity contribution is 6.10. The van der Waals surface area contributed by atoms with Crippen molar-refractivity contribution >= 4 is 23.2 Å². The summed E-state index contributed by atoms with van der Waals surface area (Å²) in [4.78, 5) is 29.3. The topological polar surface area (TPSA) is 61.4 Å². The van der Waals surface area contributed by atoms with E-state index in [2.05, 4.69) is 34.6 Å². The third kappa shape index (κ3) is 2.50. The van der Waals surface area contributed by atoms with Gasteiger partial charge in [-0.15, -0.1) is 0 Å². The number of aryl methyl sites for hydroxylation is 3. The molecule has 0 unspecified atom stereocenters. The molecule has 3 heterocycles. The first-order chi connectivity index (χ1) is 13.9. The molecule has 2 N–H and O–H groups in total. The van der Waals surface area contributed by atoms with E-state index in [0.29, 0.717) is 0 Å². The van der Waals surface area contributed by atoms with Crippen LogP contribution in [0.1, 0.15) is 41.5 Å². The molecule has 2 fully saturated rings. The highest BCUT2D eigenvalue weighted by Crippen LogP contribution is 2.55. The summed E-state index contributed by atoms with van der Waals surface area (Å²) >= 11 is 0. The summed E-state index contributed by atoms with van der Waals surface area (Å²) in [6.45, 7) is 6.97. The average molecular weight is 389 g/mol. The second kappa shape index (κ2) is 6.42. The van der Waals surface area contributed by atoms with E-state index in [9.17, 15) is 9.59 Å². The van der Waals surface area contributed by atoms with Gasteiger partial charge in [-0.2, -0.15) is 0 Å². The number of hydrogen-bond acceptors (Lipinski definition) is 3. The number of rotatable bonds is 2. The van der Waals surface area contributed by atoms with Gasteiger partial charge >= 0.3 is 0 Å². The third-order valence-corrected chi connectivity index (χ3v) is 7.02. The van der Waals surface area contributed by atoms with Gasteiger partial charge in [0.1, 0.15) is 5.54 Å². The standard InChI is InChI=1S/C24H27N3O2/c1-14-11-15(2)21(16(3)12-14)26-22(28)19-13-17-7-6-10-27(17)24(19)18-8-4-5-9-20(18)25-23(24)29/h4-5,8-9,11-12,17,19H,6-7,10,13H2,1-3H3,(H,25,29)(H,26,28)/t17-,19-,24-/m1/s1. The number of amides is 2. The molecule has 5 rings (SSSR count). The number of fused-ring (bicyclic) bond motifs is 4. The first-order valence-electron chi connectivity index (χ1n) is 10.5. The second-order valence-corrected chi connectivity index (χ2v) is 8.81. The molecule has 29 heavy (non-hydrogen) atoms. The van der Waals surface area contributed by atoms with E-state index in [1.807, 2.05) is 38.1 Å². The second-order valence-electron chi connectivity index (χ2n) is 8.81. The number of carbonyl (C=O) groups excluding carboxylic acids is 2. The van der Waals surface area contributed by atoms with Crippen molar-refractivity contribution in [3.63, 3.8) is 0 Å². The molecular formula is C24H27N3O2. The number of para-hydroxylation sites is 1. The Morgan fingerprint density at radius 2 is 1.90 bits per heavy atom. The molecule has 0 aromatic heterocycles. The molecule has 0 aliphatic carbocycles. The number of nitrogens with zero attached hydrogens (tertiary/aromatic N) is 1. The van der Waals surface area contributed by atoms with E-state index in [0.717, 1.165) is 53.9 Å². The average Bonchev–Trinajstić information content (AvgIpc) is 3.32. The molecule has 150 valence electrons. The Labute approximate surface area is 171 Å². The van der Waals surface area contributed by atoms with Gasteiger partial charge in [0.05, 0.1) is 5.92 Å². The van der Waals surface area contributed by atoms with Crippen LogP contribution in [-0.4, -0.2) is 29.3 Å². The van der Waals surface area contributed by atoms with Gasteiger partial charge < -0.3 is 10.6 Å². The van der Waals surface area contributed by atoms with Crippen LogP contribution < -0.4 is 10.6 Å². The smallest absolute Gasteiger partial charge is 0.250 e. The van der Waals surface area contributed by atoms with Crippen LogP contribution in [0.25, 0.3) is 0 Å². The number of hydrogen-bond donors (Lipinski definition) is 2. The summed E-state index contributed by atoms with van der Waals surface area (Å²) < 4.78 is 0. The lowest BCUT2D eigenvalue weighted by Crippen LogP contribution is -2.53. The Bertz CT molecular complexity index is 1010. The Kier molecular flexibility index (Phi) is 4.07. The predicted molar refractivity (Wildman–Crippen MR) is 114 cm³/mol. The summed E-state index contributed by atoms with van der Waals surface area (Å²) in [5, 5.41) is 6.26. The zero-order valence-corrected chi connectivity index (χ0v) is 17.2. The highest BCUT2D eigenvalue weighted by Gasteiger charge is 2.65. The van der Waals surface area contributed by atoms with Crippen molar-refractivity contribution in [1.29, 1.82) is 0 Å². The molecule has 0 saturated carbocycles. The first kappa shape index (κ1) is 18.4. The monoisotopic (exact) mass is 389 g/mol. The molecule has 5 nitrogen and oxygen atoms in total. The van der Waals surface area contributed by atoms with Crippen molar-refractivity contribution in [3.8, 4) is 0 Å². The fourth-order valence-corrected chi connectivity index (χ4v) is 5.97. The molecule has 3 atom stereocenters. The van der Waals surface area contributed by atoms with Gasteiger partial charge in [0.2, 0.25) is 11.8 Å². The van der Waals surface area contributed by atoms with Crippen LogP contribution in [0, 0.1) is 26.7 Å². The summed E-state index contributed by atoms with van der Waals surface area (Å²) in [7, 11) is 0. The van der Waals surface area contributed by atoms with Gasteiger partial charge in [-0.25, -0.2) is 0 Å². The molecule has 0 bridgehead atoms. The summed E-state index contributed by atoms with van der Waals surface area (Å²) in [6, 6.07) is 12.3. The van der Waals surface area contributed by atoms with Crippen LogP contribution in [0.4, 0.5) is 11.4 Å². The van der Waals surface area contributed by atoms with E-state index in [-0.39, 0.29) is 17.9 Å². The largest absolute Gasteiger partial charge is 0.325 e. The van der Waals surface area contributed by atoms with Gasteiger partial charge in [0, 0.05) is 23.0 Å². The minimum atomic E-state index is -0.894. The first-order valence-corrected chi connectivity index (χ1v) is 10.5. The van der Waals surface area contributed by atoms with Crippen LogP contribution in [0.5, 0.6) is 0 Å². The molecular weight excluding hydrogens is 362 g/mol. The van der Waals surface area contributed by atoms with Gasteiger partial charge in [-0.1, -0.05) is 35.9 Å². The maximum atomic E-state index is 13.6. The fraction of sp³-hybridized carbons (Fsp3) is 0.417. The lowest BCUT2D eigenvalue weighted by atomic mass is 9.78. The van der Waals surface area contributed by atoms with E-state index in [4.69, 9.17) is 0 Å². The van der Waals surface area contributed by atoms with Crippen LogP contribution in [0.15, 0.2) is 36.4 Å². The molecule has 3 aliphatic heterocycles. The van der Waals surface area contributed by atoms with Crippen LogP contribution in [0.3, 0.4) is 0 Å². The van der Waals surface area contributed by atoms with Crippen molar-refractivity contribution in [2.24, 2.45) is 5.92 Å². The maximum absolute atomic E-state index is 13.6. The third-order valence-electron chi connectivity index (χ3n) is 7.02. The van der Waals surface area contributed by atoms with Crippen molar-refractivity contribution in [2.75, 3.05) is 17.2 Å². The highest BCUT2D eigenvalue weighted by atomic mass is 16.2. The molecule has 2 aromatic carbocycles. The molecule has 2 amide bonds. The zero-order valence-electron chi connectivity index (χ0n) is 17.2. The number of nitrogens with one attached hydrogen (secondary N) is 2. The quantitative estimate of drug-likeness (QED) is 0.819. The Balaban J connectivity index is 1.58. The van der Waals surface area contributed by atoms with Gasteiger partial charge in [0.25, 0.3) is 0 Å². The van der Waals surface area contributed by atoms with Crippen molar-refractivity contribution in [3.05, 3.63) is 58.7 Å². The fourth-order valence-electron chi connectivity index (χ4n) is 5.97. The van der Waals surface area contributed by atoms with E-state index in [1.165, 1.54) is 5.56 Å². The zero-order chi connectivity index (χ0) is 20.3. The maximum Gasteiger partial charge on any atom is 0.250 e. The Hall–Kier alpha value is -2.66. The summed E-state index contributed by atoms with van der Waals surface area (Å²) in [5.41, 5.74) is 5.06. The van der Waals surface area contributed by atoms with E-state index >= 15 is 0 Å². The Morgan fingerprint density at radius 1 is 1.17 bits per heavy atom. The molecule has 0 radical (unpaired) electrons. The lowest BCUT2D eigenvalue weighted by molar-refractivity contribution is -0.135. The van der Waals surface area contributed by atoms with E-state index in [1.54, 1.807) is 0 Å².